The molecule has 1 atom stereocenters. The van der Waals surface area contributed by atoms with E-state index in [0.717, 1.165) is 35.3 Å². The molecule has 2 aromatic carbocycles. The molecule has 5 rings (SSSR count). The van der Waals surface area contributed by atoms with E-state index >= 15 is 0 Å². The number of benzene rings is 2. The van der Waals surface area contributed by atoms with Crippen LogP contribution in [-0.2, 0) is 12.8 Å². The molecular formula is C23H20N2OS. The van der Waals surface area contributed by atoms with Gasteiger partial charge < -0.3 is 0 Å². The van der Waals surface area contributed by atoms with Gasteiger partial charge in [0.15, 0.2) is 11.2 Å². The molecule has 0 aliphatic heterocycles. The first-order valence-electron chi connectivity index (χ1n) is 9.38. The van der Waals surface area contributed by atoms with Gasteiger partial charge >= 0.3 is 0 Å². The zero-order valence-electron chi connectivity index (χ0n) is 15.2. The van der Waals surface area contributed by atoms with E-state index in [1.165, 1.54) is 28.1 Å². The lowest BCUT2D eigenvalue weighted by Gasteiger charge is -2.17. The highest BCUT2D eigenvalue weighted by atomic mass is 32.1. The Bertz CT molecular complexity index is 1120. The lowest BCUT2D eigenvalue weighted by Crippen LogP contribution is -2.11. The summed E-state index contributed by atoms with van der Waals surface area (Å²) >= 11 is 1.74. The van der Waals surface area contributed by atoms with Crippen LogP contribution < -0.4 is 0 Å². The van der Waals surface area contributed by atoms with Crippen molar-refractivity contribution < 1.29 is 4.79 Å². The topological polar surface area (TPSA) is 34.4 Å². The van der Waals surface area contributed by atoms with Gasteiger partial charge in [0.25, 0.3) is 0 Å². The van der Waals surface area contributed by atoms with Crippen molar-refractivity contribution in [1.29, 1.82) is 0 Å². The van der Waals surface area contributed by atoms with E-state index in [9.17, 15) is 4.79 Å². The summed E-state index contributed by atoms with van der Waals surface area (Å²) in [5.41, 5.74) is 6.11. The molecule has 4 heteroatoms. The maximum atomic E-state index is 12.0. The van der Waals surface area contributed by atoms with Crippen LogP contribution >= 0.6 is 11.3 Å². The molecule has 4 aromatic rings. The highest BCUT2D eigenvalue weighted by Crippen LogP contribution is 2.36. The maximum Gasteiger partial charge on any atom is 0.195 e. The summed E-state index contributed by atoms with van der Waals surface area (Å²) in [6.07, 6.45) is 4.27. The van der Waals surface area contributed by atoms with Crippen LogP contribution in [0.1, 0.15) is 34.4 Å². The van der Waals surface area contributed by atoms with Crippen molar-refractivity contribution >= 4 is 22.6 Å². The summed E-state index contributed by atoms with van der Waals surface area (Å²) < 4.78 is 2.10. The van der Waals surface area contributed by atoms with Crippen LogP contribution in [0.3, 0.4) is 0 Å². The molecule has 0 N–H and O–H groups in total. The van der Waals surface area contributed by atoms with Crippen LogP contribution in [0, 0.1) is 5.92 Å². The molecule has 0 radical (unpaired) electrons. The molecule has 0 bridgehead atoms. The van der Waals surface area contributed by atoms with Gasteiger partial charge in [-0.25, -0.2) is 4.98 Å². The van der Waals surface area contributed by atoms with Gasteiger partial charge in [0, 0.05) is 16.1 Å². The van der Waals surface area contributed by atoms with Crippen molar-refractivity contribution in [3.63, 3.8) is 0 Å². The summed E-state index contributed by atoms with van der Waals surface area (Å²) in [5.74, 6) is 0.713. The van der Waals surface area contributed by atoms with Gasteiger partial charge in [-0.2, -0.15) is 0 Å². The maximum absolute atomic E-state index is 12.0. The standard InChI is InChI=1S/C23H20N2OS/c1-15-7-12-19-21(13-15)27-23-24-22(20(14-26)25(19)23)18-10-8-17(9-11-18)16-5-3-2-4-6-16/h2-6,8-11,14-15H,7,12-13H2,1H3. The van der Waals surface area contributed by atoms with E-state index in [-0.39, 0.29) is 0 Å². The normalized spacial score (nSPS) is 16.4. The SMILES string of the molecule is CC1CCc2c(sc3nc(-c4ccc(-c5ccccc5)cc4)c(C=O)n23)C1. The Hall–Kier alpha value is -2.72. The molecule has 0 saturated carbocycles. The zero-order chi connectivity index (χ0) is 18.4. The third kappa shape index (κ3) is 2.72. The van der Waals surface area contributed by atoms with E-state index in [1.54, 1.807) is 11.3 Å². The first-order valence-corrected chi connectivity index (χ1v) is 10.2. The van der Waals surface area contributed by atoms with Gasteiger partial charge in [0.05, 0.1) is 0 Å². The second kappa shape index (κ2) is 6.46. The third-order valence-corrected chi connectivity index (χ3v) is 6.58. The highest BCUT2D eigenvalue weighted by Gasteiger charge is 2.25. The number of aldehydes is 1. The smallest absolute Gasteiger partial charge is 0.195 e. The molecule has 1 aliphatic carbocycles. The van der Waals surface area contributed by atoms with Crippen molar-refractivity contribution in [3.8, 4) is 22.4 Å². The van der Waals surface area contributed by atoms with Gasteiger partial charge in [-0.05, 0) is 36.3 Å². The lowest BCUT2D eigenvalue weighted by molar-refractivity contribution is 0.111. The van der Waals surface area contributed by atoms with Crippen LogP contribution in [0.15, 0.2) is 54.6 Å². The monoisotopic (exact) mass is 372 g/mol. The molecule has 3 nitrogen and oxygen atoms in total. The van der Waals surface area contributed by atoms with Crippen molar-refractivity contribution in [2.75, 3.05) is 0 Å². The van der Waals surface area contributed by atoms with E-state index < -0.39 is 0 Å². The Morgan fingerprint density at radius 1 is 1.04 bits per heavy atom. The molecular weight excluding hydrogens is 352 g/mol. The molecule has 1 aliphatic rings. The number of rotatable bonds is 3. The van der Waals surface area contributed by atoms with Gasteiger partial charge in [0.2, 0.25) is 0 Å². The van der Waals surface area contributed by atoms with Crippen LogP contribution in [0.5, 0.6) is 0 Å². The summed E-state index contributed by atoms with van der Waals surface area (Å²) in [5, 5.41) is 0. The van der Waals surface area contributed by atoms with Gasteiger partial charge in [-0.3, -0.25) is 9.20 Å². The van der Waals surface area contributed by atoms with E-state index in [1.807, 2.05) is 18.2 Å². The molecule has 0 fully saturated rings. The number of imidazole rings is 1. The molecule has 2 heterocycles. The molecule has 27 heavy (non-hydrogen) atoms. The predicted molar refractivity (Wildman–Crippen MR) is 111 cm³/mol. The van der Waals surface area contributed by atoms with Crippen LogP contribution in [-0.4, -0.2) is 15.7 Å². The van der Waals surface area contributed by atoms with Crippen molar-refractivity contribution in [2.45, 2.75) is 26.2 Å². The molecule has 134 valence electrons. The van der Waals surface area contributed by atoms with Crippen LogP contribution in [0.25, 0.3) is 27.3 Å². The quantitative estimate of drug-likeness (QED) is 0.434. The fraction of sp³-hybridized carbons (Fsp3) is 0.217. The molecule has 0 amide bonds. The zero-order valence-corrected chi connectivity index (χ0v) is 16.0. The Kier molecular flexibility index (Phi) is 3.94. The number of aromatic nitrogens is 2. The van der Waals surface area contributed by atoms with Crippen molar-refractivity contribution in [2.24, 2.45) is 5.92 Å². The predicted octanol–water partition coefficient (Wildman–Crippen LogP) is 5.67. The van der Waals surface area contributed by atoms with Gasteiger partial charge in [-0.1, -0.05) is 61.5 Å². The summed E-state index contributed by atoms with van der Waals surface area (Å²) in [6.45, 7) is 2.30. The number of fused-ring (bicyclic) bond motifs is 3. The summed E-state index contributed by atoms with van der Waals surface area (Å²) in [7, 11) is 0. The first-order chi connectivity index (χ1) is 13.2. The molecule has 0 spiro atoms. The molecule has 1 unspecified atom stereocenters. The van der Waals surface area contributed by atoms with E-state index in [2.05, 4.69) is 47.7 Å². The highest BCUT2D eigenvalue weighted by molar-refractivity contribution is 7.17. The largest absolute Gasteiger partial charge is 0.296 e. The second-order valence-electron chi connectivity index (χ2n) is 7.34. The number of aryl methyl sites for hydroxylation is 1. The van der Waals surface area contributed by atoms with E-state index in [4.69, 9.17) is 4.98 Å². The van der Waals surface area contributed by atoms with E-state index in [0.29, 0.717) is 11.6 Å². The number of carbonyl (C=O) groups is 1. The fourth-order valence-electron chi connectivity index (χ4n) is 4.02. The number of thiazole rings is 1. The molecule has 0 saturated heterocycles. The van der Waals surface area contributed by atoms with Crippen molar-refractivity contribution in [3.05, 3.63) is 70.9 Å². The minimum Gasteiger partial charge on any atom is -0.296 e. The Morgan fingerprint density at radius 3 is 2.48 bits per heavy atom. The Balaban J connectivity index is 1.59. The Morgan fingerprint density at radius 2 is 1.74 bits per heavy atom. The third-order valence-electron chi connectivity index (χ3n) is 5.47. The number of hydrogen-bond donors (Lipinski definition) is 0. The van der Waals surface area contributed by atoms with Gasteiger partial charge in [0.1, 0.15) is 11.4 Å². The Labute approximate surface area is 162 Å². The fourth-order valence-corrected chi connectivity index (χ4v) is 5.36. The average Bonchev–Trinajstić information content (AvgIpc) is 3.23. The second-order valence-corrected chi connectivity index (χ2v) is 8.41. The van der Waals surface area contributed by atoms with Crippen molar-refractivity contribution in [1.82, 2.24) is 9.38 Å². The lowest BCUT2D eigenvalue weighted by atomic mass is 9.93. The van der Waals surface area contributed by atoms with Crippen LogP contribution in [0.4, 0.5) is 0 Å². The number of nitrogens with zero attached hydrogens (tertiary/aromatic N) is 2. The average molecular weight is 372 g/mol. The molecule has 2 aromatic heterocycles. The minimum atomic E-state index is 0.685. The minimum absolute atomic E-state index is 0.685. The van der Waals surface area contributed by atoms with Gasteiger partial charge in [-0.15, -0.1) is 11.3 Å². The number of carbonyl (C=O) groups excluding carboxylic acids is 1. The summed E-state index contributed by atoms with van der Waals surface area (Å²) in [4.78, 5) is 19.1. The number of hydrogen-bond acceptors (Lipinski definition) is 3. The van der Waals surface area contributed by atoms with Crippen LogP contribution in [0.2, 0.25) is 0 Å². The first kappa shape index (κ1) is 16.5. The summed E-state index contributed by atoms with van der Waals surface area (Å²) in [6, 6.07) is 18.6.